The fourth-order valence-electron chi connectivity index (χ4n) is 1.29. The van der Waals surface area contributed by atoms with Gasteiger partial charge in [0.05, 0.1) is 12.2 Å². The van der Waals surface area contributed by atoms with Crippen LogP contribution in [0.25, 0.3) is 0 Å². The van der Waals surface area contributed by atoms with Crippen LogP contribution in [-0.2, 0) is 11.3 Å². The molecule has 0 spiro atoms. The van der Waals surface area contributed by atoms with Crippen LogP contribution in [0, 0.1) is 5.41 Å². The maximum atomic E-state index is 11.8. The topological polar surface area (TPSA) is 72.9 Å². The van der Waals surface area contributed by atoms with Gasteiger partial charge in [0.25, 0.3) is 0 Å². The number of nitrogens with zero attached hydrogens (tertiary/aromatic N) is 2. The van der Waals surface area contributed by atoms with Crippen LogP contribution in [0.3, 0.4) is 0 Å². The van der Waals surface area contributed by atoms with Gasteiger partial charge in [0.15, 0.2) is 0 Å². The van der Waals surface area contributed by atoms with E-state index in [0.29, 0.717) is 12.4 Å². The predicted molar refractivity (Wildman–Crippen MR) is 71.2 cm³/mol. The molecule has 0 aliphatic heterocycles. The van der Waals surface area contributed by atoms with Crippen molar-refractivity contribution >= 4 is 24.1 Å². The third kappa shape index (κ3) is 4.02. The van der Waals surface area contributed by atoms with Gasteiger partial charge < -0.3 is 11.1 Å². The van der Waals surface area contributed by atoms with Gasteiger partial charge in [-0.3, -0.25) is 4.79 Å². The average Bonchev–Trinajstić information content (AvgIpc) is 2.62. The summed E-state index contributed by atoms with van der Waals surface area (Å²) in [5.74, 6) is 0.509. The highest BCUT2D eigenvalue weighted by atomic mass is 35.5. The Kier molecular flexibility index (Phi) is 5.64. The number of amides is 1. The molecule has 1 aromatic rings. The molecule has 0 radical (unpaired) electrons. The van der Waals surface area contributed by atoms with E-state index in [1.165, 1.54) is 0 Å². The Labute approximate surface area is 108 Å². The van der Waals surface area contributed by atoms with Crippen molar-refractivity contribution in [3.05, 3.63) is 12.3 Å². The largest absolute Gasteiger partial charge is 0.319 e. The van der Waals surface area contributed by atoms with Crippen LogP contribution in [0.4, 0.5) is 5.82 Å². The lowest BCUT2D eigenvalue weighted by Crippen LogP contribution is -2.45. The maximum Gasteiger partial charge on any atom is 0.242 e. The highest BCUT2D eigenvalue weighted by Crippen LogP contribution is 2.18. The molecule has 6 heteroatoms. The number of aryl methyl sites for hydroxylation is 1. The molecule has 0 fully saturated rings. The molecule has 0 bridgehead atoms. The number of nitrogens with one attached hydrogen (secondary N) is 1. The van der Waals surface area contributed by atoms with Crippen molar-refractivity contribution in [2.24, 2.45) is 11.1 Å². The zero-order valence-corrected chi connectivity index (χ0v) is 11.5. The van der Waals surface area contributed by atoms with Gasteiger partial charge in [-0.25, -0.2) is 4.68 Å². The molecule has 0 saturated heterocycles. The number of halogens is 1. The van der Waals surface area contributed by atoms with Crippen LogP contribution in [0.2, 0.25) is 0 Å². The van der Waals surface area contributed by atoms with E-state index >= 15 is 0 Å². The van der Waals surface area contributed by atoms with Crippen molar-refractivity contribution in [1.82, 2.24) is 9.78 Å². The van der Waals surface area contributed by atoms with Crippen LogP contribution in [-0.4, -0.2) is 21.7 Å². The number of carbonyl (C=O) groups excluding carboxylic acids is 1. The van der Waals surface area contributed by atoms with E-state index in [-0.39, 0.29) is 23.7 Å². The summed E-state index contributed by atoms with van der Waals surface area (Å²) in [6.07, 6.45) is 1.65. The van der Waals surface area contributed by atoms with E-state index in [9.17, 15) is 4.79 Å². The summed E-state index contributed by atoms with van der Waals surface area (Å²) in [6, 6.07) is 1.23. The third-order valence-corrected chi connectivity index (χ3v) is 2.48. The molecule has 1 aromatic heterocycles. The lowest BCUT2D eigenvalue weighted by atomic mass is 9.87. The first-order valence-electron chi connectivity index (χ1n) is 5.44. The quantitative estimate of drug-likeness (QED) is 0.868. The van der Waals surface area contributed by atoms with Gasteiger partial charge >= 0.3 is 0 Å². The van der Waals surface area contributed by atoms with E-state index in [4.69, 9.17) is 5.73 Å². The van der Waals surface area contributed by atoms with E-state index < -0.39 is 6.04 Å². The van der Waals surface area contributed by atoms with E-state index in [1.54, 1.807) is 16.9 Å². The average molecular weight is 261 g/mol. The van der Waals surface area contributed by atoms with Gasteiger partial charge in [0.1, 0.15) is 5.82 Å². The minimum absolute atomic E-state index is 0. The molecule has 3 N–H and O–H groups in total. The van der Waals surface area contributed by atoms with Crippen molar-refractivity contribution in [1.29, 1.82) is 0 Å². The van der Waals surface area contributed by atoms with Crippen molar-refractivity contribution in [2.45, 2.75) is 40.3 Å². The number of rotatable bonds is 3. The molecule has 0 aliphatic rings. The second kappa shape index (κ2) is 6.02. The lowest BCUT2D eigenvalue weighted by Gasteiger charge is -2.25. The summed E-state index contributed by atoms with van der Waals surface area (Å²) in [4.78, 5) is 11.8. The molecule has 0 unspecified atom stereocenters. The Morgan fingerprint density at radius 1 is 1.59 bits per heavy atom. The maximum absolute atomic E-state index is 11.8. The second-order valence-electron chi connectivity index (χ2n) is 4.87. The van der Waals surface area contributed by atoms with E-state index in [0.717, 1.165) is 0 Å². The van der Waals surface area contributed by atoms with Gasteiger partial charge in [-0.15, -0.1) is 12.4 Å². The number of carbonyl (C=O) groups is 1. The summed E-state index contributed by atoms with van der Waals surface area (Å²) in [7, 11) is 0. The predicted octanol–water partition coefficient (Wildman–Crippen LogP) is 1.64. The summed E-state index contributed by atoms with van der Waals surface area (Å²) in [5.41, 5.74) is 5.61. The highest BCUT2D eigenvalue weighted by molar-refractivity contribution is 5.94. The minimum atomic E-state index is -0.535. The number of aromatic nitrogens is 2. The first-order valence-corrected chi connectivity index (χ1v) is 5.44. The van der Waals surface area contributed by atoms with Gasteiger partial charge in [-0.1, -0.05) is 20.8 Å². The smallest absolute Gasteiger partial charge is 0.242 e. The molecule has 1 rings (SSSR count). The molecule has 0 aromatic carbocycles. The molecule has 17 heavy (non-hydrogen) atoms. The molecule has 1 amide bonds. The Balaban J connectivity index is 0.00000256. The van der Waals surface area contributed by atoms with Gasteiger partial charge in [-0.05, 0) is 12.3 Å². The number of hydrogen-bond donors (Lipinski definition) is 2. The number of hydrogen-bond acceptors (Lipinski definition) is 3. The standard InChI is InChI=1S/C11H20N4O.ClH/c1-5-15-8(6-7-13-15)14-10(16)9(12)11(2,3)4;/h6-7,9H,5,12H2,1-4H3,(H,14,16);1H/t9-;/m1./s1. The first-order chi connectivity index (χ1) is 7.36. The molecular formula is C11H21ClN4O. The van der Waals surface area contributed by atoms with Crippen molar-refractivity contribution in [3.63, 3.8) is 0 Å². The fourth-order valence-corrected chi connectivity index (χ4v) is 1.29. The Hall–Kier alpha value is -1.07. The molecule has 1 heterocycles. The van der Waals surface area contributed by atoms with E-state index in [1.807, 2.05) is 27.7 Å². The van der Waals surface area contributed by atoms with Crippen LogP contribution in [0.15, 0.2) is 12.3 Å². The zero-order chi connectivity index (χ0) is 12.3. The summed E-state index contributed by atoms with van der Waals surface area (Å²) >= 11 is 0. The molecular weight excluding hydrogens is 240 g/mol. The summed E-state index contributed by atoms with van der Waals surface area (Å²) in [6.45, 7) is 8.50. The Morgan fingerprint density at radius 2 is 2.18 bits per heavy atom. The summed E-state index contributed by atoms with van der Waals surface area (Å²) < 4.78 is 1.72. The number of anilines is 1. The summed E-state index contributed by atoms with van der Waals surface area (Å²) in [5, 5.41) is 6.85. The van der Waals surface area contributed by atoms with Gasteiger partial charge in [0.2, 0.25) is 5.91 Å². The molecule has 98 valence electrons. The first kappa shape index (κ1) is 15.9. The molecule has 5 nitrogen and oxygen atoms in total. The van der Waals surface area contributed by atoms with Gasteiger partial charge in [0, 0.05) is 12.6 Å². The molecule has 0 aliphatic carbocycles. The second-order valence-corrected chi connectivity index (χ2v) is 4.87. The lowest BCUT2D eigenvalue weighted by molar-refractivity contribution is -0.119. The molecule has 0 saturated carbocycles. The fraction of sp³-hybridized carbons (Fsp3) is 0.636. The highest BCUT2D eigenvalue weighted by Gasteiger charge is 2.27. The van der Waals surface area contributed by atoms with Crippen LogP contribution >= 0.6 is 12.4 Å². The Bertz CT molecular complexity index is 370. The number of nitrogens with two attached hydrogens (primary N) is 1. The van der Waals surface area contributed by atoms with E-state index in [2.05, 4.69) is 10.4 Å². The Morgan fingerprint density at radius 3 is 2.65 bits per heavy atom. The van der Waals surface area contributed by atoms with Crippen molar-refractivity contribution in [3.8, 4) is 0 Å². The van der Waals surface area contributed by atoms with Crippen LogP contribution in [0.5, 0.6) is 0 Å². The van der Waals surface area contributed by atoms with Crippen molar-refractivity contribution in [2.75, 3.05) is 5.32 Å². The normalized spacial score (nSPS) is 12.8. The zero-order valence-electron chi connectivity index (χ0n) is 10.7. The van der Waals surface area contributed by atoms with Crippen molar-refractivity contribution < 1.29 is 4.79 Å². The van der Waals surface area contributed by atoms with Crippen LogP contribution in [0.1, 0.15) is 27.7 Å². The third-order valence-electron chi connectivity index (χ3n) is 2.48. The van der Waals surface area contributed by atoms with Crippen LogP contribution < -0.4 is 11.1 Å². The SMILES string of the molecule is CCn1nccc1NC(=O)[C@@H](N)C(C)(C)C.Cl. The monoisotopic (exact) mass is 260 g/mol. The van der Waals surface area contributed by atoms with Gasteiger partial charge in [-0.2, -0.15) is 5.10 Å². The molecule has 1 atom stereocenters. The minimum Gasteiger partial charge on any atom is -0.319 e.